The molecule has 0 spiro atoms. The third-order valence-electron chi connectivity index (χ3n) is 5.79. The topological polar surface area (TPSA) is 118 Å². The second-order valence-corrected chi connectivity index (χ2v) is 7.95. The van der Waals surface area contributed by atoms with Gasteiger partial charge in [-0.05, 0) is 18.2 Å². The summed E-state index contributed by atoms with van der Waals surface area (Å²) in [6.07, 6.45) is -1.01. The third kappa shape index (κ3) is 3.85. The lowest BCUT2D eigenvalue weighted by molar-refractivity contribution is 0.142. The Kier molecular flexibility index (Phi) is 6.13. The number of nitrogen functional groups attached to an aromatic ring is 1. The Balaban J connectivity index is 1.95. The van der Waals surface area contributed by atoms with E-state index in [0.29, 0.717) is 29.7 Å². The molecule has 0 aliphatic carbocycles. The molecule has 0 radical (unpaired) electrons. The highest BCUT2D eigenvalue weighted by Gasteiger charge is 2.28. The van der Waals surface area contributed by atoms with Crippen molar-refractivity contribution >= 4 is 40.1 Å². The smallest absolute Gasteiger partial charge is 0.407 e. The highest BCUT2D eigenvalue weighted by Crippen LogP contribution is 2.44. The van der Waals surface area contributed by atoms with Gasteiger partial charge in [-0.1, -0.05) is 17.7 Å². The molecule has 1 aliphatic heterocycles. The fourth-order valence-corrected chi connectivity index (χ4v) is 4.49. The zero-order valence-electron chi connectivity index (χ0n) is 17.7. The minimum absolute atomic E-state index is 0.0331. The summed E-state index contributed by atoms with van der Waals surface area (Å²) in [5.74, 6) is -1.40. The Morgan fingerprint density at radius 3 is 2.55 bits per heavy atom. The van der Waals surface area contributed by atoms with Gasteiger partial charge in [-0.15, -0.1) is 0 Å². The van der Waals surface area contributed by atoms with Crippen LogP contribution < -0.4 is 21.1 Å². The summed E-state index contributed by atoms with van der Waals surface area (Å²) >= 11 is 6.50. The molecule has 0 unspecified atom stereocenters. The van der Waals surface area contributed by atoms with Crippen LogP contribution in [0.15, 0.2) is 24.3 Å². The number of rotatable bonds is 4. The standard InChI is InChI=1S/C22H22ClF2N5O3/c1-33-15-4-2-3-14(24)17(15)16-13(23)9-11-19(18(16)25)28-21(27)12(10-26)20(11)29-5-7-30(8-6-29)22(31)32/h2-4,9H,5-8,10,26H2,1H3,(H2,27,28)(H,31,32). The minimum Gasteiger partial charge on any atom is -0.496 e. The number of nitrogens with two attached hydrogens (primary N) is 2. The van der Waals surface area contributed by atoms with Crippen LogP contribution in [0.5, 0.6) is 5.75 Å². The van der Waals surface area contributed by atoms with Gasteiger partial charge in [0.05, 0.1) is 23.4 Å². The molecule has 0 bridgehead atoms. The number of carboxylic acid groups (broad SMARTS) is 1. The molecule has 3 aromatic rings. The van der Waals surface area contributed by atoms with Crippen molar-refractivity contribution in [3.8, 4) is 16.9 Å². The molecule has 0 saturated carbocycles. The zero-order chi connectivity index (χ0) is 23.9. The van der Waals surface area contributed by atoms with Gasteiger partial charge in [0.15, 0.2) is 5.82 Å². The Morgan fingerprint density at radius 1 is 1.24 bits per heavy atom. The van der Waals surface area contributed by atoms with Gasteiger partial charge >= 0.3 is 6.09 Å². The van der Waals surface area contributed by atoms with Crippen LogP contribution in [-0.4, -0.2) is 54.4 Å². The first-order valence-electron chi connectivity index (χ1n) is 10.1. The van der Waals surface area contributed by atoms with Crippen LogP contribution >= 0.6 is 11.6 Å². The fraction of sp³-hybridized carbons (Fsp3) is 0.273. The molecule has 1 aromatic heterocycles. The summed E-state index contributed by atoms with van der Waals surface area (Å²) in [5, 5.41) is 9.56. The molecule has 5 N–H and O–H groups in total. The number of halogens is 3. The SMILES string of the molecule is COc1cccc(F)c1-c1c(Cl)cc2c(N3CCN(C(=O)O)CC3)c(CN)c(N)nc2c1F. The number of amides is 1. The first-order chi connectivity index (χ1) is 15.8. The monoisotopic (exact) mass is 477 g/mol. The number of pyridine rings is 1. The van der Waals surface area contributed by atoms with Crippen LogP contribution in [0.25, 0.3) is 22.0 Å². The van der Waals surface area contributed by atoms with Gasteiger partial charge in [0.1, 0.15) is 22.9 Å². The Labute approximate surface area is 193 Å². The van der Waals surface area contributed by atoms with E-state index in [2.05, 4.69) is 4.98 Å². The number of piperazine rings is 1. The summed E-state index contributed by atoms with van der Waals surface area (Å²) in [7, 11) is 1.35. The highest BCUT2D eigenvalue weighted by molar-refractivity contribution is 6.34. The number of anilines is 2. The molecular weight excluding hydrogens is 456 g/mol. The number of methoxy groups -OCH3 is 1. The van der Waals surface area contributed by atoms with Crippen molar-refractivity contribution in [2.45, 2.75) is 6.54 Å². The van der Waals surface area contributed by atoms with Crippen molar-refractivity contribution in [2.75, 3.05) is 43.9 Å². The van der Waals surface area contributed by atoms with Crippen LogP contribution in [0.3, 0.4) is 0 Å². The average Bonchev–Trinajstić information content (AvgIpc) is 2.80. The van der Waals surface area contributed by atoms with Crippen molar-refractivity contribution in [3.05, 3.63) is 46.5 Å². The van der Waals surface area contributed by atoms with Gasteiger partial charge < -0.3 is 31.1 Å². The second kappa shape index (κ2) is 8.87. The highest BCUT2D eigenvalue weighted by atomic mass is 35.5. The van der Waals surface area contributed by atoms with Crippen molar-refractivity contribution in [2.24, 2.45) is 5.73 Å². The molecule has 1 saturated heterocycles. The number of fused-ring (bicyclic) bond motifs is 1. The normalized spacial score (nSPS) is 14.1. The predicted octanol–water partition coefficient (Wildman–Crippen LogP) is 3.68. The maximum Gasteiger partial charge on any atom is 0.407 e. The minimum atomic E-state index is -1.01. The molecule has 1 aliphatic rings. The Hall–Kier alpha value is -3.37. The van der Waals surface area contributed by atoms with E-state index < -0.39 is 17.7 Å². The van der Waals surface area contributed by atoms with E-state index in [4.69, 9.17) is 27.8 Å². The quantitative estimate of drug-likeness (QED) is 0.524. The van der Waals surface area contributed by atoms with E-state index in [0.717, 1.165) is 0 Å². The van der Waals surface area contributed by atoms with Crippen LogP contribution in [0.4, 0.5) is 25.1 Å². The lowest BCUT2D eigenvalue weighted by Gasteiger charge is -2.36. The molecule has 33 heavy (non-hydrogen) atoms. The first kappa shape index (κ1) is 22.8. The van der Waals surface area contributed by atoms with Gasteiger partial charge in [0.2, 0.25) is 0 Å². The van der Waals surface area contributed by atoms with E-state index in [1.165, 1.54) is 36.3 Å². The van der Waals surface area contributed by atoms with Gasteiger partial charge in [0, 0.05) is 49.2 Å². The maximum absolute atomic E-state index is 15.9. The molecule has 174 valence electrons. The molecule has 0 atom stereocenters. The number of hydrogen-bond donors (Lipinski definition) is 3. The summed E-state index contributed by atoms with van der Waals surface area (Å²) in [6, 6.07) is 5.64. The largest absolute Gasteiger partial charge is 0.496 e. The Bertz CT molecular complexity index is 1250. The second-order valence-electron chi connectivity index (χ2n) is 7.55. The lowest BCUT2D eigenvalue weighted by Crippen LogP contribution is -2.48. The van der Waals surface area contributed by atoms with Crippen LogP contribution in [-0.2, 0) is 6.54 Å². The van der Waals surface area contributed by atoms with Gasteiger partial charge in [0.25, 0.3) is 0 Å². The van der Waals surface area contributed by atoms with Crippen molar-refractivity contribution < 1.29 is 23.4 Å². The number of nitrogens with zero attached hydrogens (tertiary/aromatic N) is 3. The van der Waals surface area contributed by atoms with Gasteiger partial charge in [-0.2, -0.15) is 0 Å². The number of benzene rings is 2. The van der Waals surface area contributed by atoms with Crippen molar-refractivity contribution in [3.63, 3.8) is 0 Å². The number of hydrogen-bond acceptors (Lipinski definition) is 6. The third-order valence-corrected chi connectivity index (χ3v) is 6.09. The van der Waals surface area contributed by atoms with E-state index in [-0.39, 0.29) is 52.9 Å². The van der Waals surface area contributed by atoms with E-state index in [1.807, 2.05) is 4.90 Å². The van der Waals surface area contributed by atoms with Crippen molar-refractivity contribution in [1.82, 2.24) is 9.88 Å². The predicted molar refractivity (Wildman–Crippen MR) is 123 cm³/mol. The Morgan fingerprint density at radius 2 is 1.94 bits per heavy atom. The van der Waals surface area contributed by atoms with E-state index in [9.17, 15) is 14.3 Å². The van der Waals surface area contributed by atoms with E-state index >= 15 is 4.39 Å². The molecule has 11 heteroatoms. The summed E-state index contributed by atoms with van der Waals surface area (Å²) in [5.41, 5.74) is 12.7. The molecule has 4 rings (SSSR count). The van der Waals surface area contributed by atoms with E-state index in [1.54, 1.807) is 0 Å². The van der Waals surface area contributed by atoms with Crippen LogP contribution in [0, 0.1) is 11.6 Å². The van der Waals surface area contributed by atoms with Crippen LogP contribution in [0.1, 0.15) is 5.56 Å². The first-order valence-corrected chi connectivity index (χ1v) is 10.5. The molecule has 8 nitrogen and oxygen atoms in total. The lowest BCUT2D eigenvalue weighted by atomic mass is 9.98. The zero-order valence-corrected chi connectivity index (χ0v) is 18.5. The molecule has 2 heterocycles. The number of ether oxygens (including phenoxy) is 1. The van der Waals surface area contributed by atoms with Gasteiger partial charge in [-0.25, -0.2) is 18.6 Å². The summed E-state index contributed by atoms with van der Waals surface area (Å²) in [6.45, 7) is 1.24. The van der Waals surface area contributed by atoms with Crippen LogP contribution in [0.2, 0.25) is 5.02 Å². The molecule has 2 aromatic carbocycles. The molecule has 1 amide bonds. The number of carbonyl (C=O) groups is 1. The van der Waals surface area contributed by atoms with Gasteiger partial charge in [-0.3, -0.25) is 0 Å². The summed E-state index contributed by atoms with van der Waals surface area (Å²) < 4.78 is 35.8. The summed E-state index contributed by atoms with van der Waals surface area (Å²) in [4.78, 5) is 18.7. The average molecular weight is 478 g/mol. The fourth-order valence-electron chi connectivity index (χ4n) is 4.20. The maximum atomic E-state index is 15.9. The molecule has 1 fully saturated rings. The molecular formula is C22H22ClF2N5O3. The van der Waals surface area contributed by atoms with Crippen molar-refractivity contribution in [1.29, 1.82) is 0 Å². The number of aromatic nitrogens is 1.